The Kier molecular flexibility index (Phi) is 3.95. The largest absolute Gasteiger partial charge is 0.399 e. The Bertz CT molecular complexity index is 525. The van der Waals surface area contributed by atoms with Crippen molar-refractivity contribution in [1.82, 2.24) is 4.90 Å². The Hall–Kier alpha value is -1.87. The Morgan fingerprint density at radius 2 is 1.83 bits per heavy atom. The molecule has 2 nitrogen and oxygen atoms in total. The number of hydrogen-bond donors (Lipinski definition) is 1. The zero-order valence-corrected chi connectivity index (χ0v) is 10.4. The van der Waals surface area contributed by atoms with Crippen LogP contribution in [-0.4, -0.2) is 11.9 Å². The van der Waals surface area contributed by atoms with Crippen LogP contribution >= 0.6 is 0 Å². The number of nitrogens with two attached hydrogens (primary N) is 1. The quantitative estimate of drug-likeness (QED) is 0.838. The van der Waals surface area contributed by atoms with Gasteiger partial charge in [-0.25, -0.2) is 4.39 Å². The maximum absolute atomic E-state index is 13.5. The van der Waals surface area contributed by atoms with Gasteiger partial charge in [0.2, 0.25) is 0 Å². The fourth-order valence-electron chi connectivity index (χ4n) is 1.98. The molecule has 0 aliphatic heterocycles. The molecular weight excluding hydrogens is 227 g/mol. The van der Waals surface area contributed by atoms with Crippen LogP contribution in [-0.2, 0) is 13.1 Å². The van der Waals surface area contributed by atoms with Crippen LogP contribution in [0.25, 0.3) is 0 Å². The fourth-order valence-corrected chi connectivity index (χ4v) is 1.98. The van der Waals surface area contributed by atoms with Crippen LogP contribution < -0.4 is 5.73 Å². The number of anilines is 1. The van der Waals surface area contributed by atoms with Crippen LogP contribution in [0.1, 0.15) is 11.1 Å². The second-order valence-corrected chi connectivity index (χ2v) is 4.51. The van der Waals surface area contributed by atoms with Gasteiger partial charge in [-0.2, -0.15) is 0 Å². The molecule has 0 unspecified atom stereocenters. The molecule has 0 radical (unpaired) electrons. The van der Waals surface area contributed by atoms with Gasteiger partial charge in [-0.05, 0) is 30.8 Å². The van der Waals surface area contributed by atoms with Gasteiger partial charge in [0, 0.05) is 24.3 Å². The summed E-state index contributed by atoms with van der Waals surface area (Å²) >= 11 is 0. The van der Waals surface area contributed by atoms with Crippen LogP contribution in [0, 0.1) is 5.82 Å². The van der Waals surface area contributed by atoms with Gasteiger partial charge in [0.1, 0.15) is 5.82 Å². The predicted molar refractivity (Wildman–Crippen MR) is 72.4 cm³/mol. The number of hydrogen-bond acceptors (Lipinski definition) is 2. The summed E-state index contributed by atoms with van der Waals surface area (Å²) in [5, 5.41) is 0. The normalized spacial score (nSPS) is 10.8. The van der Waals surface area contributed by atoms with Crippen molar-refractivity contribution in [1.29, 1.82) is 0 Å². The van der Waals surface area contributed by atoms with E-state index in [4.69, 9.17) is 5.73 Å². The SMILES string of the molecule is CN(Cc1cccc(N)c1)Cc1ccccc1F. The van der Waals surface area contributed by atoms with Crippen molar-refractivity contribution in [3.05, 3.63) is 65.5 Å². The van der Waals surface area contributed by atoms with Crippen LogP contribution in [0.5, 0.6) is 0 Å². The van der Waals surface area contributed by atoms with Gasteiger partial charge in [0.05, 0.1) is 0 Å². The van der Waals surface area contributed by atoms with E-state index in [0.29, 0.717) is 12.1 Å². The van der Waals surface area contributed by atoms with E-state index >= 15 is 0 Å². The molecule has 2 rings (SSSR count). The van der Waals surface area contributed by atoms with E-state index in [1.54, 1.807) is 6.07 Å². The summed E-state index contributed by atoms with van der Waals surface area (Å²) in [5.41, 5.74) is 8.33. The molecule has 0 spiro atoms. The highest BCUT2D eigenvalue weighted by Gasteiger charge is 2.05. The monoisotopic (exact) mass is 244 g/mol. The Labute approximate surface area is 107 Å². The number of benzene rings is 2. The molecule has 3 heteroatoms. The lowest BCUT2D eigenvalue weighted by atomic mass is 10.1. The first-order valence-electron chi connectivity index (χ1n) is 5.91. The molecule has 0 bridgehead atoms. The summed E-state index contributed by atoms with van der Waals surface area (Å²) in [5.74, 6) is -0.156. The molecule has 0 aliphatic carbocycles. The topological polar surface area (TPSA) is 29.3 Å². The lowest BCUT2D eigenvalue weighted by Gasteiger charge is -2.17. The summed E-state index contributed by atoms with van der Waals surface area (Å²) < 4.78 is 13.5. The van der Waals surface area contributed by atoms with Crippen molar-refractivity contribution in [2.45, 2.75) is 13.1 Å². The first kappa shape index (κ1) is 12.6. The zero-order chi connectivity index (χ0) is 13.0. The van der Waals surface area contributed by atoms with Gasteiger partial charge < -0.3 is 5.73 Å². The smallest absolute Gasteiger partial charge is 0.127 e. The van der Waals surface area contributed by atoms with E-state index in [1.807, 2.05) is 43.4 Å². The molecule has 0 amide bonds. The number of halogens is 1. The van der Waals surface area contributed by atoms with Crippen molar-refractivity contribution in [3.63, 3.8) is 0 Å². The van der Waals surface area contributed by atoms with Gasteiger partial charge in [0.25, 0.3) is 0 Å². The Morgan fingerprint density at radius 3 is 2.56 bits per heavy atom. The van der Waals surface area contributed by atoms with E-state index in [2.05, 4.69) is 4.90 Å². The van der Waals surface area contributed by atoms with E-state index in [1.165, 1.54) is 6.07 Å². The molecule has 2 N–H and O–H groups in total. The van der Waals surface area contributed by atoms with Gasteiger partial charge >= 0.3 is 0 Å². The number of rotatable bonds is 4. The highest BCUT2D eigenvalue weighted by atomic mass is 19.1. The molecule has 0 atom stereocenters. The third-order valence-electron chi connectivity index (χ3n) is 2.80. The maximum atomic E-state index is 13.5. The minimum atomic E-state index is -0.156. The van der Waals surface area contributed by atoms with Crippen molar-refractivity contribution in [2.24, 2.45) is 0 Å². The molecule has 0 heterocycles. The highest BCUT2D eigenvalue weighted by Crippen LogP contribution is 2.13. The molecule has 0 fully saturated rings. The standard InChI is InChI=1S/C15H17FN2/c1-18(10-12-5-4-7-14(17)9-12)11-13-6-2-3-8-15(13)16/h2-9H,10-11,17H2,1H3. The first-order valence-corrected chi connectivity index (χ1v) is 5.91. The lowest BCUT2D eigenvalue weighted by Crippen LogP contribution is -2.18. The van der Waals surface area contributed by atoms with Crippen LogP contribution in [0.4, 0.5) is 10.1 Å². The maximum Gasteiger partial charge on any atom is 0.127 e. The minimum absolute atomic E-state index is 0.156. The van der Waals surface area contributed by atoms with Crippen molar-refractivity contribution in [2.75, 3.05) is 12.8 Å². The first-order chi connectivity index (χ1) is 8.65. The van der Waals surface area contributed by atoms with Gasteiger partial charge in [0.15, 0.2) is 0 Å². The van der Waals surface area contributed by atoms with Crippen LogP contribution in [0.2, 0.25) is 0 Å². The Balaban J connectivity index is 2.01. The highest BCUT2D eigenvalue weighted by molar-refractivity contribution is 5.40. The Morgan fingerprint density at radius 1 is 1.06 bits per heavy atom. The van der Waals surface area contributed by atoms with E-state index < -0.39 is 0 Å². The fraction of sp³-hybridized carbons (Fsp3) is 0.200. The van der Waals surface area contributed by atoms with Gasteiger partial charge in [-0.1, -0.05) is 30.3 Å². The van der Waals surface area contributed by atoms with Gasteiger partial charge in [-0.15, -0.1) is 0 Å². The van der Waals surface area contributed by atoms with Crippen molar-refractivity contribution < 1.29 is 4.39 Å². The number of nitrogen functional groups attached to an aromatic ring is 1. The summed E-state index contributed by atoms with van der Waals surface area (Å²) in [6.45, 7) is 1.33. The second kappa shape index (κ2) is 5.65. The van der Waals surface area contributed by atoms with E-state index in [-0.39, 0.29) is 5.82 Å². The van der Waals surface area contributed by atoms with Crippen molar-refractivity contribution >= 4 is 5.69 Å². The second-order valence-electron chi connectivity index (χ2n) is 4.51. The van der Waals surface area contributed by atoms with E-state index in [9.17, 15) is 4.39 Å². The van der Waals surface area contributed by atoms with Crippen LogP contribution in [0.15, 0.2) is 48.5 Å². The van der Waals surface area contributed by atoms with Gasteiger partial charge in [-0.3, -0.25) is 4.90 Å². The molecule has 94 valence electrons. The molecule has 0 aliphatic rings. The number of nitrogens with zero attached hydrogens (tertiary/aromatic N) is 1. The molecule has 18 heavy (non-hydrogen) atoms. The average Bonchev–Trinajstić information content (AvgIpc) is 2.32. The molecule has 0 saturated carbocycles. The molecule has 0 saturated heterocycles. The lowest BCUT2D eigenvalue weighted by molar-refractivity contribution is 0.313. The average molecular weight is 244 g/mol. The molecular formula is C15H17FN2. The van der Waals surface area contributed by atoms with E-state index in [0.717, 1.165) is 17.8 Å². The summed E-state index contributed by atoms with van der Waals surface area (Å²) in [7, 11) is 1.97. The third kappa shape index (κ3) is 3.31. The summed E-state index contributed by atoms with van der Waals surface area (Å²) in [6.07, 6.45) is 0. The third-order valence-corrected chi connectivity index (χ3v) is 2.80. The molecule has 2 aromatic carbocycles. The molecule has 2 aromatic rings. The minimum Gasteiger partial charge on any atom is -0.399 e. The predicted octanol–water partition coefficient (Wildman–Crippen LogP) is 3.04. The summed E-state index contributed by atoms with van der Waals surface area (Å²) in [6, 6.07) is 14.6. The zero-order valence-electron chi connectivity index (χ0n) is 10.4. The summed E-state index contributed by atoms with van der Waals surface area (Å²) in [4.78, 5) is 2.06. The van der Waals surface area contributed by atoms with Crippen molar-refractivity contribution in [3.8, 4) is 0 Å². The molecule has 0 aromatic heterocycles. The van der Waals surface area contributed by atoms with Crippen LogP contribution in [0.3, 0.4) is 0 Å².